The van der Waals surface area contributed by atoms with Crippen LogP contribution >= 0.6 is 11.6 Å². The number of benzene rings is 1. The molecular weight excluding hydrogens is 209 g/mol. The lowest BCUT2D eigenvalue weighted by Crippen LogP contribution is -2.31. The van der Waals surface area contributed by atoms with Crippen LogP contribution in [0.25, 0.3) is 0 Å². The van der Waals surface area contributed by atoms with Gasteiger partial charge in [-0.05, 0) is 17.7 Å². The number of halogens is 2. The van der Waals surface area contributed by atoms with E-state index in [-0.39, 0.29) is 11.6 Å². The van der Waals surface area contributed by atoms with Gasteiger partial charge < -0.3 is 15.9 Å². The molecule has 2 atom stereocenters. The average Bonchev–Trinajstić information content (AvgIpc) is 2.20. The zero-order valence-electron chi connectivity index (χ0n) is 7.32. The highest BCUT2D eigenvalue weighted by molar-refractivity contribution is 6.30. The van der Waals surface area contributed by atoms with Crippen LogP contribution in [0, 0.1) is 5.82 Å². The van der Waals surface area contributed by atoms with Gasteiger partial charge in [0.15, 0.2) is 0 Å². The third kappa shape index (κ3) is 2.42. The maximum atomic E-state index is 12.8. The third-order valence-corrected chi connectivity index (χ3v) is 2.19. The lowest BCUT2D eigenvalue weighted by Gasteiger charge is -2.16. The summed E-state index contributed by atoms with van der Waals surface area (Å²) in [5.74, 6) is -0.555. The van der Waals surface area contributed by atoms with Gasteiger partial charge in [-0.25, -0.2) is 4.39 Å². The van der Waals surface area contributed by atoms with Crippen molar-refractivity contribution in [2.24, 2.45) is 5.73 Å². The molecule has 0 aliphatic carbocycles. The Hall–Kier alpha value is -0.680. The molecule has 1 aromatic rings. The third-order valence-electron chi connectivity index (χ3n) is 1.90. The van der Waals surface area contributed by atoms with Crippen molar-refractivity contribution in [1.29, 1.82) is 0 Å². The maximum absolute atomic E-state index is 12.8. The monoisotopic (exact) mass is 219 g/mol. The van der Waals surface area contributed by atoms with E-state index in [0.717, 1.165) is 6.07 Å². The topological polar surface area (TPSA) is 66.5 Å². The summed E-state index contributed by atoms with van der Waals surface area (Å²) in [6.45, 7) is -0.351. The lowest BCUT2D eigenvalue weighted by atomic mass is 10.0. The summed E-state index contributed by atoms with van der Waals surface area (Å²) < 4.78 is 12.8. The normalized spacial score (nSPS) is 15.2. The van der Waals surface area contributed by atoms with E-state index in [1.54, 1.807) is 0 Å². The first-order valence-electron chi connectivity index (χ1n) is 4.05. The number of rotatable bonds is 3. The van der Waals surface area contributed by atoms with Crippen LogP contribution in [-0.4, -0.2) is 22.9 Å². The zero-order chi connectivity index (χ0) is 10.7. The molecule has 0 aromatic heterocycles. The van der Waals surface area contributed by atoms with Crippen molar-refractivity contribution in [2.45, 2.75) is 12.1 Å². The summed E-state index contributed by atoms with van der Waals surface area (Å²) >= 11 is 5.52. The lowest BCUT2D eigenvalue weighted by molar-refractivity contribution is 0.109. The van der Waals surface area contributed by atoms with Crippen molar-refractivity contribution in [3.05, 3.63) is 34.6 Å². The van der Waals surface area contributed by atoms with E-state index in [4.69, 9.17) is 22.4 Å². The molecular formula is C9H11ClFNO2. The van der Waals surface area contributed by atoms with Crippen molar-refractivity contribution >= 4 is 11.6 Å². The predicted molar refractivity (Wildman–Crippen MR) is 51.4 cm³/mol. The molecule has 0 spiro atoms. The van der Waals surface area contributed by atoms with Gasteiger partial charge >= 0.3 is 0 Å². The summed E-state index contributed by atoms with van der Waals surface area (Å²) in [5, 5.41) is 18.2. The highest BCUT2D eigenvalue weighted by Gasteiger charge is 2.16. The minimum atomic E-state index is -1.04. The summed E-state index contributed by atoms with van der Waals surface area (Å²) in [7, 11) is 0. The van der Waals surface area contributed by atoms with Gasteiger partial charge in [-0.15, -0.1) is 0 Å². The Morgan fingerprint density at radius 3 is 2.64 bits per heavy atom. The molecule has 0 bridgehead atoms. The van der Waals surface area contributed by atoms with Crippen LogP contribution < -0.4 is 5.73 Å². The maximum Gasteiger partial charge on any atom is 0.141 e. The van der Waals surface area contributed by atoms with Crippen LogP contribution in [0.3, 0.4) is 0 Å². The first-order valence-corrected chi connectivity index (χ1v) is 4.43. The van der Waals surface area contributed by atoms with E-state index >= 15 is 0 Å². The van der Waals surface area contributed by atoms with E-state index in [2.05, 4.69) is 0 Å². The molecule has 3 nitrogen and oxygen atoms in total. The second-order valence-corrected chi connectivity index (χ2v) is 3.37. The number of hydrogen-bond acceptors (Lipinski definition) is 3. The fourth-order valence-corrected chi connectivity index (χ4v) is 1.23. The minimum absolute atomic E-state index is 0.0771. The van der Waals surface area contributed by atoms with Gasteiger partial charge in [0.05, 0.1) is 23.8 Å². The van der Waals surface area contributed by atoms with Gasteiger partial charge in [0.1, 0.15) is 5.82 Å². The molecule has 1 rings (SSSR count). The standard InChI is InChI=1S/C9H11ClFNO2/c10-6-3-5(1-2-7(6)11)9(14)8(12)4-13/h1-3,8-9,13-14H,4,12H2. The number of aliphatic hydroxyl groups is 2. The largest absolute Gasteiger partial charge is 0.395 e. The summed E-state index contributed by atoms with van der Waals surface area (Å²) in [6, 6.07) is 3.01. The Morgan fingerprint density at radius 1 is 1.50 bits per heavy atom. The molecule has 14 heavy (non-hydrogen) atoms. The average molecular weight is 220 g/mol. The first-order chi connectivity index (χ1) is 6.56. The Bertz CT molecular complexity index is 322. The fraction of sp³-hybridized carbons (Fsp3) is 0.333. The van der Waals surface area contributed by atoms with E-state index in [0.29, 0.717) is 5.56 Å². The second kappa shape index (κ2) is 4.70. The van der Waals surface area contributed by atoms with Gasteiger partial charge in [0.25, 0.3) is 0 Å². The highest BCUT2D eigenvalue weighted by atomic mass is 35.5. The molecule has 0 aliphatic rings. The zero-order valence-corrected chi connectivity index (χ0v) is 8.08. The second-order valence-electron chi connectivity index (χ2n) is 2.96. The molecule has 0 heterocycles. The van der Waals surface area contributed by atoms with Crippen molar-refractivity contribution in [3.63, 3.8) is 0 Å². The van der Waals surface area contributed by atoms with Crippen molar-refractivity contribution in [2.75, 3.05) is 6.61 Å². The molecule has 78 valence electrons. The van der Waals surface area contributed by atoms with Crippen LogP contribution in [0.4, 0.5) is 4.39 Å². The highest BCUT2D eigenvalue weighted by Crippen LogP contribution is 2.22. The molecule has 0 radical (unpaired) electrons. The summed E-state index contributed by atoms with van der Waals surface area (Å²) in [6.07, 6.45) is -1.04. The molecule has 5 heteroatoms. The molecule has 0 aliphatic heterocycles. The molecule has 0 fully saturated rings. The van der Waals surface area contributed by atoms with Gasteiger partial charge in [-0.3, -0.25) is 0 Å². The van der Waals surface area contributed by atoms with E-state index in [9.17, 15) is 9.50 Å². The van der Waals surface area contributed by atoms with Crippen molar-refractivity contribution in [1.82, 2.24) is 0 Å². The smallest absolute Gasteiger partial charge is 0.141 e. The van der Waals surface area contributed by atoms with Crippen LogP contribution in [0.1, 0.15) is 11.7 Å². The number of nitrogens with two attached hydrogens (primary N) is 1. The molecule has 0 saturated heterocycles. The van der Waals surface area contributed by atoms with Gasteiger partial charge in [-0.2, -0.15) is 0 Å². The van der Waals surface area contributed by atoms with Crippen LogP contribution in [0.15, 0.2) is 18.2 Å². The summed E-state index contributed by atoms with van der Waals surface area (Å²) in [5.41, 5.74) is 5.79. The Balaban J connectivity index is 2.91. The number of aliphatic hydroxyl groups excluding tert-OH is 2. The van der Waals surface area contributed by atoms with Crippen LogP contribution in [-0.2, 0) is 0 Å². The minimum Gasteiger partial charge on any atom is -0.395 e. The Kier molecular flexibility index (Phi) is 3.83. The number of hydrogen-bond donors (Lipinski definition) is 3. The van der Waals surface area contributed by atoms with Gasteiger partial charge in [0.2, 0.25) is 0 Å². The van der Waals surface area contributed by atoms with Gasteiger partial charge in [0, 0.05) is 0 Å². The molecule has 4 N–H and O–H groups in total. The Labute approximate surface area is 85.9 Å². The van der Waals surface area contributed by atoms with Gasteiger partial charge in [-0.1, -0.05) is 17.7 Å². The SMILES string of the molecule is NC(CO)C(O)c1ccc(F)c(Cl)c1. The van der Waals surface area contributed by atoms with E-state index in [1.165, 1.54) is 12.1 Å². The Morgan fingerprint density at radius 2 is 2.14 bits per heavy atom. The molecule has 0 amide bonds. The molecule has 0 saturated carbocycles. The predicted octanol–water partition coefficient (Wildman–Crippen LogP) is 0.832. The van der Waals surface area contributed by atoms with Crippen LogP contribution in [0.2, 0.25) is 5.02 Å². The van der Waals surface area contributed by atoms with E-state index in [1.807, 2.05) is 0 Å². The van der Waals surface area contributed by atoms with Crippen molar-refractivity contribution < 1.29 is 14.6 Å². The van der Waals surface area contributed by atoms with Crippen molar-refractivity contribution in [3.8, 4) is 0 Å². The van der Waals surface area contributed by atoms with Crippen LogP contribution in [0.5, 0.6) is 0 Å². The molecule has 1 aromatic carbocycles. The fourth-order valence-electron chi connectivity index (χ4n) is 1.04. The first kappa shape index (κ1) is 11.4. The quantitative estimate of drug-likeness (QED) is 0.706. The van der Waals surface area contributed by atoms with E-state index < -0.39 is 18.0 Å². The molecule has 2 unspecified atom stereocenters. The summed E-state index contributed by atoms with van der Waals surface area (Å²) in [4.78, 5) is 0.